The summed E-state index contributed by atoms with van der Waals surface area (Å²) in [5.74, 6) is 1.37. The number of aliphatic imine (C=N–C) groups is 2. The number of phenolic OH excluding ortho intramolecular Hbond substituents is 1. The van der Waals surface area contributed by atoms with Crippen LogP contribution >= 0.6 is 0 Å². The molecule has 0 unspecified atom stereocenters. The minimum absolute atomic E-state index is 0.0698. The van der Waals surface area contributed by atoms with Gasteiger partial charge in [0.05, 0.1) is 0 Å². The Morgan fingerprint density at radius 3 is 1.61 bits per heavy atom. The van der Waals surface area contributed by atoms with Gasteiger partial charge in [0, 0.05) is 0 Å². The summed E-state index contributed by atoms with van der Waals surface area (Å²) in [5, 5.41) is 9.81. The van der Waals surface area contributed by atoms with Gasteiger partial charge in [0.2, 0.25) is 11.8 Å². The molecule has 5 nitrogen and oxygen atoms in total. The number of hydrogen-bond donors (Lipinski definition) is 1. The van der Waals surface area contributed by atoms with E-state index in [0.717, 1.165) is 16.7 Å². The van der Waals surface area contributed by atoms with Gasteiger partial charge >= 0.3 is 0 Å². The standard InChI is InChI=1S/C26H24N2O3/c1-26(20-12-14-21(29)15-13-20,24-27-22(16-30-24)18-8-4-2-5-9-18)25-28-23(17-31-25)19-10-6-3-7-11-19/h2-15,22-23,29H,16-17H2,1H3/t22-,23-/m0/s1. The lowest BCUT2D eigenvalue weighted by molar-refractivity contribution is 0.278. The minimum atomic E-state index is -0.791. The largest absolute Gasteiger partial charge is 0.508 e. The van der Waals surface area contributed by atoms with Gasteiger partial charge in [-0.2, -0.15) is 0 Å². The molecular formula is C26H24N2O3. The molecule has 0 spiro atoms. The van der Waals surface area contributed by atoms with Crippen molar-refractivity contribution in [2.45, 2.75) is 24.4 Å². The molecule has 0 bridgehead atoms. The number of rotatable bonds is 5. The SMILES string of the molecule is CC(C1=N[C@H](c2ccccc2)CO1)(C1=N[C@H](c2ccccc2)CO1)c1ccc(O)cc1. The molecule has 2 aliphatic heterocycles. The highest BCUT2D eigenvalue weighted by atomic mass is 16.5. The lowest BCUT2D eigenvalue weighted by Crippen LogP contribution is -2.41. The van der Waals surface area contributed by atoms with Gasteiger partial charge in [-0.3, -0.25) is 0 Å². The summed E-state index contributed by atoms with van der Waals surface area (Å²) in [5.41, 5.74) is 2.34. The molecule has 5 rings (SSSR count). The smallest absolute Gasteiger partial charge is 0.204 e. The van der Waals surface area contributed by atoms with Crippen LogP contribution in [0.4, 0.5) is 0 Å². The monoisotopic (exact) mass is 412 g/mol. The van der Waals surface area contributed by atoms with Crippen molar-refractivity contribution in [3.8, 4) is 5.75 Å². The highest BCUT2D eigenvalue weighted by Gasteiger charge is 2.47. The molecule has 31 heavy (non-hydrogen) atoms. The highest BCUT2D eigenvalue weighted by Crippen LogP contribution is 2.38. The normalized spacial score (nSPS) is 20.5. The third-order valence-corrected chi connectivity index (χ3v) is 5.97. The zero-order valence-corrected chi connectivity index (χ0v) is 17.3. The van der Waals surface area contributed by atoms with Gasteiger partial charge in [0.15, 0.2) is 0 Å². The van der Waals surface area contributed by atoms with E-state index in [1.54, 1.807) is 12.1 Å². The first-order valence-electron chi connectivity index (χ1n) is 10.5. The molecule has 5 heteroatoms. The summed E-state index contributed by atoms with van der Waals surface area (Å²) in [6, 6.07) is 27.2. The average molecular weight is 412 g/mol. The molecule has 0 aliphatic carbocycles. The fourth-order valence-electron chi connectivity index (χ4n) is 4.12. The lowest BCUT2D eigenvalue weighted by atomic mass is 9.81. The van der Waals surface area contributed by atoms with Crippen LogP contribution in [-0.2, 0) is 14.9 Å². The molecular weight excluding hydrogens is 388 g/mol. The highest BCUT2D eigenvalue weighted by molar-refractivity contribution is 6.11. The van der Waals surface area contributed by atoms with E-state index < -0.39 is 5.41 Å². The van der Waals surface area contributed by atoms with E-state index in [1.807, 2.05) is 55.5 Å². The second-order valence-electron chi connectivity index (χ2n) is 8.02. The molecule has 0 saturated heterocycles. The van der Waals surface area contributed by atoms with Crippen molar-refractivity contribution in [3.05, 3.63) is 102 Å². The molecule has 1 N–H and O–H groups in total. The van der Waals surface area contributed by atoms with Crippen molar-refractivity contribution in [3.63, 3.8) is 0 Å². The van der Waals surface area contributed by atoms with E-state index in [0.29, 0.717) is 25.0 Å². The Bertz CT molecular complexity index is 1040. The second kappa shape index (κ2) is 7.91. The number of ether oxygens (including phenoxy) is 2. The summed E-state index contributed by atoms with van der Waals surface area (Å²) in [6.07, 6.45) is 0. The fraction of sp³-hybridized carbons (Fsp3) is 0.231. The summed E-state index contributed by atoms with van der Waals surface area (Å²) in [4.78, 5) is 9.89. The van der Waals surface area contributed by atoms with Crippen LogP contribution in [0.5, 0.6) is 5.75 Å². The number of aromatic hydroxyl groups is 1. The summed E-state index contributed by atoms with van der Waals surface area (Å²) >= 11 is 0. The number of benzene rings is 3. The van der Waals surface area contributed by atoms with Crippen LogP contribution in [0.25, 0.3) is 0 Å². The molecule has 2 atom stereocenters. The molecule has 2 aliphatic rings. The summed E-state index contributed by atoms with van der Waals surface area (Å²) in [7, 11) is 0. The maximum absolute atomic E-state index is 9.81. The van der Waals surface area contributed by atoms with Gasteiger partial charge < -0.3 is 14.6 Å². The van der Waals surface area contributed by atoms with Crippen molar-refractivity contribution in [1.82, 2.24) is 0 Å². The number of hydrogen-bond acceptors (Lipinski definition) is 5. The van der Waals surface area contributed by atoms with Crippen molar-refractivity contribution in [2.24, 2.45) is 9.98 Å². The van der Waals surface area contributed by atoms with E-state index in [2.05, 4.69) is 24.3 Å². The summed E-state index contributed by atoms with van der Waals surface area (Å²) < 4.78 is 12.3. The van der Waals surface area contributed by atoms with Crippen LogP contribution in [0.2, 0.25) is 0 Å². The van der Waals surface area contributed by atoms with Crippen LogP contribution < -0.4 is 0 Å². The predicted octanol–water partition coefficient (Wildman–Crippen LogP) is 4.99. The Labute approximate surface area is 181 Å². The van der Waals surface area contributed by atoms with Gasteiger partial charge in [-0.1, -0.05) is 72.8 Å². The third kappa shape index (κ3) is 3.56. The molecule has 0 radical (unpaired) electrons. The lowest BCUT2D eigenvalue weighted by Gasteiger charge is -2.28. The zero-order valence-electron chi connectivity index (χ0n) is 17.3. The Morgan fingerprint density at radius 1 is 0.710 bits per heavy atom. The van der Waals surface area contributed by atoms with Crippen LogP contribution in [0.1, 0.15) is 35.7 Å². The van der Waals surface area contributed by atoms with Gasteiger partial charge in [-0.15, -0.1) is 0 Å². The number of nitrogens with zero attached hydrogens (tertiary/aromatic N) is 2. The third-order valence-electron chi connectivity index (χ3n) is 5.97. The molecule has 2 heterocycles. The Hall–Kier alpha value is -3.60. The number of phenols is 1. The Balaban J connectivity index is 1.56. The minimum Gasteiger partial charge on any atom is -0.508 e. The molecule has 0 aromatic heterocycles. The predicted molar refractivity (Wildman–Crippen MR) is 121 cm³/mol. The first-order chi connectivity index (χ1) is 15.1. The van der Waals surface area contributed by atoms with E-state index in [1.165, 1.54) is 0 Å². The van der Waals surface area contributed by atoms with E-state index in [9.17, 15) is 5.11 Å². The van der Waals surface area contributed by atoms with Gasteiger partial charge in [-0.05, 0) is 35.7 Å². The van der Waals surface area contributed by atoms with Crippen LogP contribution in [0.3, 0.4) is 0 Å². The van der Waals surface area contributed by atoms with Gasteiger partial charge in [-0.25, -0.2) is 9.98 Å². The Morgan fingerprint density at radius 2 is 1.16 bits per heavy atom. The molecule has 0 saturated carbocycles. The fourth-order valence-corrected chi connectivity index (χ4v) is 4.12. The summed E-state index contributed by atoms with van der Waals surface area (Å²) in [6.45, 7) is 2.97. The zero-order chi connectivity index (χ0) is 21.3. The molecule has 3 aromatic carbocycles. The maximum Gasteiger partial charge on any atom is 0.204 e. The Kier molecular flexibility index (Phi) is 4.94. The van der Waals surface area contributed by atoms with Gasteiger partial charge in [0.1, 0.15) is 36.5 Å². The first-order valence-corrected chi connectivity index (χ1v) is 10.5. The van der Waals surface area contributed by atoms with Crippen molar-refractivity contribution in [1.29, 1.82) is 0 Å². The van der Waals surface area contributed by atoms with E-state index in [4.69, 9.17) is 19.5 Å². The van der Waals surface area contributed by atoms with Gasteiger partial charge in [0.25, 0.3) is 0 Å². The molecule has 3 aromatic rings. The average Bonchev–Trinajstić information content (AvgIpc) is 3.51. The van der Waals surface area contributed by atoms with Crippen molar-refractivity contribution in [2.75, 3.05) is 13.2 Å². The first kappa shape index (κ1) is 19.4. The van der Waals surface area contributed by atoms with Crippen LogP contribution in [0, 0.1) is 0 Å². The van der Waals surface area contributed by atoms with E-state index in [-0.39, 0.29) is 17.8 Å². The topological polar surface area (TPSA) is 63.4 Å². The van der Waals surface area contributed by atoms with Crippen LogP contribution in [0.15, 0.2) is 94.9 Å². The van der Waals surface area contributed by atoms with Crippen molar-refractivity contribution >= 4 is 11.8 Å². The second-order valence-corrected chi connectivity index (χ2v) is 8.02. The molecule has 0 fully saturated rings. The maximum atomic E-state index is 9.81. The van der Waals surface area contributed by atoms with E-state index >= 15 is 0 Å². The molecule has 156 valence electrons. The quantitative estimate of drug-likeness (QED) is 0.642. The van der Waals surface area contributed by atoms with Crippen molar-refractivity contribution < 1.29 is 14.6 Å². The molecule has 0 amide bonds. The van der Waals surface area contributed by atoms with Crippen LogP contribution in [-0.4, -0.2) is 30.1 Å².